The molecule has 3 N–H and O–H groups in total. The largest absolute Gasteiger partial charge is 0.326 e. The molecule has 2 amide bonds. The molecule has 1 aliphatic rings. The molecule has 6 heteroatoms. The highest BCUT2D eigenvalue weighted by atomic mass is 16.2. The molecule has 1 heterocycles. The molecule has 1 aromatic heterocycles. The van der Waals surface area contributed by atoms with Gasteiger partial charge in [-0.3, -0.25) is 14.7 Å². The van der Waals surface area contributed by atoms with Gasteiger partial charge in [0.05, 0.1) is 0 Å². The molecule has 3 rings (SSSR count). The normalized spacial score (nSPS) is 13.7. The second-order valence-corrected chi connectivity index (χ2v) is 5.60. The lowest BCUT2D eigenvalue weighted by atomic mass is 10.1. The number of aromatic nitrogens is 2. The minimum Gasteiger partial charge on any atom is -0.326 e. The van der Waals surface area contributed by atoms with Gasteiger partial charge in [-0.2, -0.15) is 5.10 Å². The van der Waals surface area contributed by atoms with Crippen LogP contribution in [0.3, 0.4) is 0 Å². The Morgan fingerprint density at radius 3 is 2.55 bits per heavy atom. The summed E-state index contributed by atoms with van der Waals surface area (Å²) in [5.74, 6) is 0.123. The van der Waals surface area contributed by atoms with Crippen molar-refractivity contribution in [3.05, 3.63) is 41.2 Å². The molecule has 1 fully saturated rings. The lowest BCUT2D eigenvalue weighted by Crippen LogP contribution is -2.14. The first-order valence-corrected chi connectivity index (χ1v) is 7.28. The Balaban J connectivity index is 1.76. The number of carbonyl (C=O) groups is 2. The zero-order chi connectivity index (χ0) is 15.7. The Bertz CT molecular complexity index is 731. The van der Waals surface area contributed by atoms with Crippen molar-refractivity contribution in [1.82, 2.24) is 10.2 Å². The molecule has 0 saturated heterocycles. The van der Waals surface area contributed by atoms with Gasteiger partial charge < -0.3 is 10.6 Å². The molecule has 0 aliphatic heterocycles. The van der Waals surface area contributed by atoms with E-state index in [1.807, 2.05) is 6.92 Å². The van der Waals surface area contributed by atoms with Crippen molar-refractivity contribution in [3.8, 4) is 0 Å². The van der Waals surface area contributed by atoms with Crippen LogP contribution >= 0.6 is 0 Å². The van der Waals surface area contributed by atoms with Crippen LogP contribution < -0.4 is 10.6 Å². The zero-order valence-electron chi connectivity index (χ0n) is 12.6. The third-order valence-corrected chi connectivity index (χ3v) is 3.74. The summed E-state index contributed by atoms with van der Waals surface area (Å²) in [5, 5.41) is 12.6. The van der Waals surface area contributed by atoms with Crippen molar-refractivity contribution >= 4 is 23.2 Å². The number of aromatic amines is 1. The number of hydrogen-bond acceptors (Lipinski definition) is 3. The summed E-state index contributed by atoms with van der Waals surface area (Å²) in [7, 11) is 0. The van der Waals surface area contributed by atoms with Gasteiger partial charge in [-0.25, -0.2) is 0 Å². The Morgan fingerprint density at radius 1 is 1.23 bits per heavy atom. The quantitative estimate of drug-likeness (QED) is 0.811. The van der Waals surface area contributed by atoms with E-state index in [9.17, 15) is 9.59 Å². The van der Waals surface area contributed by atoms with E-state index in [0.29, 0.717) is 23.0 Å². The van der Waals surface area contributed by atoms with Crippen LogP contribution in [0, 0.1) is 6.92 Å². The number of H-pyrrole nitrogens is 1. The van der Waals surface area contributed by atoms with Gasteiger partial charge >= 0.3 is 0 Å². The molecule has 1 aromatic carbocycles. The number of anilines is 2. The van der Waals surface area contributed by atoms with Crippen molar-refractivity contribution in [2.24, 2.45) is 0 Å². The fourth-order valence-electron chi connectivity index (χ4n) is 2.34. The van der Waals surface area contributed by atoms with Crippen molar-refractivity contribution in [3.63, 3.8) is 0 Å². The monoisotopic (exact) mass is 298 g/mol. The van der Waals surface area contributed by atoms with Crippen LogP contribution in [0.5, 0.6) is 0 Å². The third kappa shape index (κ3) is 3.00. The molecule has 0 bridgehead atoms. The van der Waals surface area contributed by atoms with E-state index in [1.165, 1.54) is 6.92 Å². The van der Waals surface area contributed by atoms with Crippen molar-refractivity contribution in [2.45, 2.75) is 32.6 Å². The fraction of sp³-hybridized carbons (Fsp3) is 0.312. The number of nitrogens with zero attached hydrogens (tertiary/aromatic N) is 1. The standard InChI is InChI=1S/C16H18N4O2/c1-9-12(17-10(2)21)4-3-5-13(9)18-16(22)15-8-14(19-20-15)11-6-7-11/h3-5,8,11H,6-7H2,1-2H3,(H,17,21)(H,18,22)(H,19,20). The fourth-order valence-corrected chi connectivity index (χ4v) is 2.34. The minimum absolute atomic E-state index is 0.145. The summed E-state index contributed by atoms with van der Waals surface area (Å²) in [5.41, 5.74) is 3.56. The number of benzene rings is 1. The lowest BCUT2D eigenvalue weighted by Gasteiger charge is -2.12. The molecule has 0 atom stereocenters. The molecule has 0 radical (unpaired) electrons. The van der Waals surface area contributed by atoms with Crippen molar-refractivity contribution < 1.29 is 9.59 Å². The van der Waals surface area contributed by atoms with E-state index in [4.69, 9.17) is 0 Å². The van der Waals surface area contributed by atoms with Crippen LogP contribution in [0.1, 0.15) is 47.4 Å². The second-order valence-electron chi connectivity index (χ2n) is 5.60. The van der Waals surface area contributed by atoms with Crippen LogP contribution in [0.4, 0.5) is 11.4 Å². The molecule has 1 saturated carbocycles. The first-order chi connectivity index (χ1) is 10.5. The Kier molecular flexibility index (Phi) is 3.66. The first kappa shape index (κ1) is 14.3. The number of rotatable bonds is 4. The molecule has 0 spiro atoms. The van der Waals surface area contributed by atoms with Gasteiger partial charge in [0, 0.05) is 29.9 Å². The number of nitrogens with one attached hydrogen (secondary N) is 3. The van der Waals surface area contributed by atoms with E-state index in [-0.39, 0.29) is 11.8 Å². The predicted molar refractivity (Wildman–Crippen MR) is 84.0 cm³/mol. The first-order valence-electron chi connectivity index (χ1n) is 7.28. The Hall–Kier alpha value is -2.63. The van der Waals surface area contributed by atoms with Gasteiger partial charge in [-0.1, -0.05) is 6.07 Å². The van der Waals surface area contributed by atoms with E-state index < -0.39 is 0 Å². The highest BCUT2D eigenvalue weighted by Gasteiger charge is 2.26. The van der Waals surface area contributed by atoms with Gasteiger partial charge in [0.25, 0.3) is 5.91 Å². The SMILES string of the molecule is CC(=O)Nc1cccc(NC(=O)c2cc(C3CC3)[nH]n2)c1C. The van der Waals surface area contributed by atoms with Crippen LogP contribution in [-0.4, -0.2) is 22.0 Å². The van der Waals surface area contributed by atoms with Crippen LogP contribution in [-0.2, 0) is 4.79 Å². The maximum atomic E-state index is 12.3. The van der Waals surface area contributed by atoms with Gasteiger partial charge in [-0.15, -0.1) is 0 Å². The van der Waals surface area contributed by atoms with E-state index in [1.54, 1.807) is 24.3 Å². The summed E-state index contributed by atoms with van der Waals surface area (Å²) in [6, 6.07) is 7.19. The van der Waals surface area contributed by atoms with Gasteiger partial charge in [0.2, 0.25) is 5.91 Å². The Labute approximate surface area is 128 Å². The minimum atomic E-state index is -0.258. The zero-order valence-corrected chi connectivity index (χ0v) is 12.6. The van der Waals surface area contributed by atoms with Crippen molar-refractivity contribution in [1.29, 1.82) is 0 Å². The number of amides is 2. The summed E-state index contributed by atoms with van der Waals surface area (Å²) in [4.78, 5) is 23.5. The van der Waals surface area contributed by atoms with Gasteiger partial charge in [0.1, 0.15) is 0 Å². The molecule has 0 unspecified atom stereocenters. The summed E-state index contributed by atoms with van der Waals surface area (Å²) >= 11 is 0. The van der Waals surface area contributed by atoms with Crippen LogP contribution in [0.25, 0.3) is 0 Å². The molecule has 1 aliphatic carbocycles. The van der Waals surface area contributed by atoms with Crippen LogP contribution in [0.15, 0.2) is 24.3 Å². The van der Waals surface area contributed by atoms with E-state index in [0.717, 1.165) is 24.1 Å². The van der Waals surface area contributed by atoms with Crippen molar-refractivity contribution in [2.75, 3.05) is 10.6 Å². The van der Waals surface area contributed by atoms with E-state index >= 15 is 0 Å². The predicted octanol–water partition coefficient (Wildman–Crippen LogP) is 2.81. The molecule has 114 valence electrons. The maximum absolute atomic E-state index is 12.3. The second kappa shape index (κ2) is 5.63. The maximum Gasteiger partial charge on any atom is 0.276 e. The summed E-state index contributed by atoms with van der Waals surface area (Å²) in [6.45, 7) is 3.30. The summed E-state index contributed by atoms with van der Waals surface area (Å²) < 4.78 is 0. The third-order valence-electron chi connectivity index (χ3n) is 3.74. The highest BCUT2D eigenvalue weighted by Crippen LogP contribution is 2.39. The van der Waals surface area contributed by atoms with Gasteiger partial charge in [-0.05, 0) is 43.5 Å². The lowest BCUT2D eigenvalue weighted by molar-refractivity contribution is -0.114. The van der Waals surface area contributed by atoms with Gasteiger partial charge in [0.15, 0.2) is 5.69 Å². The Morgan fingerprint density at radius 2 is 1.91 bits per heavy atom. The molecular weight excluding hydrogens is 280 g/mol. The molecule has 2 aromatic rings. The molecular formula is C16H18N4O2. The highest BCUT2D eigenvalue weighted by molar-refractivity contribution is 6.04. The van der Waals surface area contributed by atoms with E-state index in [2.05, 4.69) is 20.8 Å². The summed E-state index contributed by atoms with van der Waals surface area (Å²) in [6.07, 6.45) is 2.31. The average molecular weight is 298 g/mol. The smallest absolute Gasteiger partial charge is 0.276 e. The molecule has 6 nitrogen and oxygen atoms in total. The topological polar surface area (TPSA) is 86.9 Å². The number of carbonyl (C=O) groups excluding carboxylic acids is 2. The molecule has 22 heavy (non-hydrogen) atoms. The number of hydrogen-bond donors (Lipinski definition) is 3. The average Bonchev–Trinajstić information content (AvgIpc) is 3.20. The van der Waals surface area contributed by atoms with Crippen LogP contribution in [0.2, 0.25) is 0 Å².